The molecule has 2 atom stereocenters. The maximum absolute atomic E-state index is 12.3. The molecule has 1 aliphatic carbocycles. The van der Waals surface area contributed by atoms with Crippen LogP contribution < -0.4 is 15.8 Å². The maximum Gasteiger partial charge on any atom is 0.223 e. The van der Waals surface area contributed by atoms with Gasteiger partial charge in [0.05, 0.1) is 7.11 Å². The van der Waals surface area contributed by atoms with E-state index >= 15 is 0 Å². The highest BCUT2D eigenvalue weighted by atomic mass is 16.5. The molecule has 4 heteroatoms. The van der Waals surface area contributed by atoms with E-state index in [1.54, 1.807) is 7.11 Å². The van der Waals surface area contributed by atoms with Crippen LogP contribution in [0.3, 0.4) is 0 Å². The van der Waals surface area contributed by atoms with E-state index < -0.39 is 0 Å². The zero-order valence-electron chi connectivity index (χ0n) is 12.8. The van der Waals surface area contributed by atoms with Crippen molar-refractivity contribution in [1.82, 2.24) is 5.32 Å². The largest absolute Gasteiger partial charge is 0.497 e. The molecule has 1 aromatic carbocycles. The van der Waals surface area contributed by atoms with E-state index in [-0.39, 0.29) is 11.8 Å². The van der Waals surface area contributed by atoms with Crippen molar-refractivity contribution in [2.24, 2.45) is 17.6 Å². The van der Waals surface area contributed by atoms with Gasteiger partial charge in [-0.05, 0) is 49.4 Å². The summed E-state index contributed by atoms with van der Waals surface area (Å²) in [7, 11) is 1.66. The Labute approximate surface area is 127 Å². The van der Waals surface area contributed by atoms with Crippen molar-refractivity contribution in [2.75, 3.05) is 20.2 Å². The average Bonchev–Trinajstić information content (AvgIpc) is 2.55. The molecule has 4 nitrogen and oxygen atoms in total. The van der Waals surface area contributed by atoms with Crippen molar-refractivity contribution >= 4 is 5.91 Å². The Morgan fingerprint density at radius 2 is 2.19 bits per heavy atom. The van der Waals surface area contributed by atoms with Crippen molar-refractivity contribution in [3.8, 4) is 5.75 Å². The third-order valence-electron chi connectivity index (χ3n) is 4.40. The molecule has 2 unspecified atom stereocenters. The second-order valence-corrected chi connectivity index (χ2v) is 5.78. The predicted octanol–water partition coefficient (Wildman–Crippen LogP) is 2.12. The molecule has 1 saturated carbocycles. The number of hydrogen-bond acceptors (Lipinski definition) is 3. The summed E-state index contributed by atoms with van der Waals surface area (Å²) >= 11 is 0. The lowest BCUT2D eigenvalue weighted by molar-refractivity contribution is -0.127. The van der Waals surface area contributed by atoms with E-state index in [1.165, 1.54) is 12.0 Å². The van der Waals surface area contributed by atoms with E-state index in [0.29, 0.717) is 19.0 Å². The molecule has 1 aliphatic rings. The highest BCUT2D eigenvalue weighted by Crippen LogP contribution is 2.29. The van der Waals surface area contributed by atoms with Gasteiger partial charge in [0.25, 0.3) is 0 Å². The number of carbonyl (C=O) groups excluding carboxylic acids is 1. The lowest BCUT2D eigenvalue weighted by Crippen LogP contribution is -2.40. The molecule has 0 bridgehead atoms. The van der Waals surface area contributed by atoms with Crippen LogP contribution in [0.25, 0.3) is 0 Å². The van der Waals surface area contributed by atoms with Gasteiger partial charge < -0.3 is 15.8 Å². The zero-order valence-corrected chi connectivity index (χ0v) is 12.8. The monoisotopic (exact) mass is 290 g/mol. The van der Waals surface area contributed by atoms with Gasteiger partial charge in [-0.25, -0.2) is 0 Å². The van der Waals surface area contributed by atoms with Crippen molar-refractivity contribution in [3.05, 3.63) is 29.8 Å². The second-order valence-electron chi connectivity index (χ2n) is 5.78. The zero-order chi connectivity index (χ0) is 15.1. The third kappa shape index (κ3) is 4.46. The van der Waals surface area contributed by atoms with Crippen molar-refractivity contribution in [1.29, 1.82) is 0 Å². The Balaban J connectivity index is 1.80. The fourth-order valence-electron chi connectivity index (χ4n) is 3.12. The number of hydrogen-bond donors (Lipinski definition) is 2. The van der Waals surface area contributed by atoms with Gasteiger partial charge in [0.2, 0.25) is 5.91 Å². The Kier molecular flexibility index (Phi) is 6.05. The molecule has 1 fully saturated rings. The van der Waals surface area contributed by atoms with Gasteiger partial charge in [-0.3, -0.25) is 4.79 Å². The van der Waals surface area contributed by atoms with E-state index in [9.17, 15) is 4.79 Å². The molecule has 21 heavy (non-hydrogen) atoms. The summed E-state index contributed by atoms with van der Waals surface area (Å²) in [5, 5.41) is 3.07. The molecule has 0 spiro atoms. The van der Waals surface area contributed by atoms with Crippen LogP contribution in [0.1, 0.15) is 31.2 Å². The van der Waals surface area contributed by atoms with Crippen LogP contribution >= 0.6 is 0 Å². The van der Waals surface area contributed by atoms with E-state index in [2.05, 4.69) is 11.4 Å². The standard InChI is InChI=1S/C17H26N2O2/c1-21-15-7-4-5-13(11-15)9-10-19-17(20)16-8-3-2-6-14(16)12-18/h4-5,7,11,14,16H,2-3,6,8-10,12,18H2,1H3,(H,19,20). The molecule has 2 rings (SSSR count). The number of carbonyl (C=O) groups is 1. The number of ether oxygens (including phenoxy) is 1. The molecule has 0 radical (unpaired) electrons. The predicted molar refractivity (Wildman–Crippen MR) is 84.2 cm³/mol. The van der Waals surface area contributed by atoms with Crippen molar-refractivity contribution < 1.29 is 9.53 Å². The molecule has 0 saturated heterocycles. The second kappa shape index (κ2) is 8.03. The number of amides is 1. The molecule has 1 aromatic rings. The first-order valence-corrected chi connectivity index (χ1v) is 7.85. The van der Waals surface area contributed by atoms with Crippen LogP contribution in [0, 0.1) is 11.8 Å². The van der Waals surface area contributed by atoms with Gasteiger partial charge in [0, 0.05) is 12.5 Å². The molecule has 3 N–H and O–H groups in total. The lowest BCUT2D eigenvalue weighted by atomic mass is 9.79. The summed E-state index contributed by atoms with van der Waals surface area (Å²) in [6, 6.07) is 7.96. The minimum Gasteiger partial charge on any atom is -0.497 e. The van der Waals surface area contributed by atoms with Crippen LogP contribution in [0.4, 0.5) is 0 Å². The third-order valence-corrected chi connectivity index (χ3v) is 4.40. The summed E-state index contributed by atoms with van der Waals surface area (Å²) < 4.78 is 5.20. The first kappa shape index (κ1) is 15.8. The SMILES string of the molecule is COc1cccc(CCNC(=O)C2CCCCC2CN)c1. The molecular weight excluding hydrogens is 264 g/mol. The molecule has 0 heterocycles. The first-order chi connectivity index (χ1) is 10.2. The fourth-order valence-corrected chi connectivity index (χ4v) is 3.12. The number of nitrogens with two attached hydrogens (primary N) is 1. The molecule has 0 aromatic heterocycles. The fraction of sp³-hybridized carbons (Fsp3) is 0.588. The van der Waals surface area contributed by atoms with Crippen LogP contribution in [-0.2, 0) is 11.2 Å². The van der Waals surface area contributed by atoms with Gasteiger partial charge in [-0.15, -0.1) is 0 Å². The molecule has 1 amide bonds. The number of methoxy groups -OCH3 is 1. The van der Waals surface area contributed by atoms with Crippen LogP contribution in [0.2, 0.25) is 0 Å². The Hall–Kier alpha value is -1.55. The summed E-state index contributed by atoms with van der Waals surface area (Å²) in [5.74, 6) is 1.49. The quantitative estimate of drug-likeness (QED) is 0.843. The lowest BCUT2D eigenvalue weighted by Gasteiger charge is -2.29. The van der Waals surface area contributed by atoms with Crippen LogP contribution in [-0.4, -0.2) is 26.1 Å². The summed E-state index contributed by atoms with van der Waals surface area (Å²) in [6.45, 7) is 1.29. The van der Waals surface area contributed by atoms with Gasteiger partial charge in [0.1, 0.15) is 5.75 Å². The van der Waals surface area contributed by atoms with E-state index in [4.69, 9.17) is 10.5 Å². The highest BCUT2D eigenvalue weighted by molar-refractivity contribution is 5.79. The molecular formula is C17H26N2O2. The van der Waals surface area contributed by atoms with Crippen molar-refractivity contribution in [3.63, 3.8) is 0 Å². The number of benzene rings is 1. The Morgan fingerprint density at radius 3 is 2.95 bits per heavy atom. The first-order valence-electron chi connectivity index (χ1n) is 7.85. The average molecular weight is 290 g/mol. The van der Waals surface area contributed by atoms with Gasteiger partial charge in [-0.1, -0.05) is 25.0 Å². The summed E-state index contributed by atoms with van der Waals surface area (Å²) in [6.07, 6.45) is 5.24. The van der Waals surface area contributed by atoms with Crippen LogP contribution in [0.15, 0.2) is 24.3 Å². The number of rotatable bonds is 6. The van der Waals surface area contributed by atoms with E-state index in [1.807, 2.05) is 18.2 Å². The molecule has 0 aliphatic heterocycles. The van der Waals surface area contributed by atoms with Gasteiger partial charge in [0.15, 0.2) is 0 Å². The highest BCUT2D eigenvalue weighted by Gasteiger charge is 2.29. The van der Waals surface area contributed by atoms with Gasteiger partial charge in [-0.2, -0.15) is 0 Å². The minimum atomic E-state index is 0.106. The van der Waals surface area contributed by atoms with Crippen molar-refractivity contribution in [2.45, 2.75) is 32.1 Å². The Morgan fingerprint density at radius 1 is 1.38 bits per heavy atom. The Bertz CT molecular complexity index is 462. The van der Waals surface area contributed by atoms with Crippen LogP contribution in [0.5, 0.6) is 5.75 Å². The smallest absolute Gasteiger partial charge is 0.223 e. The summed E-state index contributed by atoms with van der Waals surface area (Å²) in [4.78, 5) is 12.3. The maximum atomic E-state index is 12.3. The number of nitrogens with one attached hydrogen (secondary N) is 1. The van der Waals surface area contributed by atoms with E-state index in [0.717, 1.165) is 31.4 Å². The normalized spacial score (nSPS) is 21.8. The topological polar surface area (TPSA) is 64.3 Å². The molecule has 116 valence electrons. The minimum absolute atomic E-state index is 0.106. The van der Waals surface area contributed by atoms with Gasteiger partial charge >= 0.3 is 0 Å². The summed E-state index contributed by atoms with van der Waals surface area (Å²) in [5.41, 5.74) is 6.96.